The fourth-order valence-electron chi connectivity index (χ4n) is 2.60. The maximum atomic E-state index is 5.58. The van der Waals surface area contributed by atoms with E-state index in [0.717, 1.165) is 30.2 Å². The fraction of sp³-hybridized carbons (Fsp3) is 0.615. The normalized spacial score (nSPS) is 24.2. The molecule has 2 unspecified atom stereocenters. The number of thiazole rings is 1. The highest BCUT2D eigenvalue weighted by Gasteiger charge is 2.24. The van der Waals surface area contributed by atoms with Crippen LogP contribution in [0.2, 0.25) is 0 Å². The molecule has 3 heterocycles. The lowest BCUT2D eigenvalue weighted by molar-refractivity contribution is 0.113. The van der Waals surface area contributed by atoms with Crippen LogP contribution in [0.25, 0.3) is 4.96 Å². The van der Waals surface area contributed by atoms with Gasteiger partial charge in [-0.15, -0.1) is 11.3 Å². The molecule has 1 aliphatic rings. The van der Waals surface area contributed by atoms with E-state index in [4.69, 9.17) is 4.74 Å². The SMILES string of the molecule is Cc1nc2scc(C)n2c1CNC1CCOC1C. The molecule has 1 fully saturated rings. The molecule has 1 N–H and O–H groups in total. The molecule has 0 bridgehead atoms. The van der Waals surface area contributed by atoms with Crippen LogP contribution in [-0.2, 0) is 11.3 Å². The smallest absolute Gasteiger partial charge is 0.194 e. The van der Waals surface area contributed by atoms with E-state index in [1.54, 1.807) is 11.3 Å². The van der Waals surface area contributed by atoms with Gasteiger partial charge in [-0.3, -0.25) is 4.40 Å². The Morgan fingerprint density at radius 3 is 3.11 bits per heavy atom. The predicted octanol–water partition coefficient (Wildman–Crippen LogP) is 2.28. The van der Waals surface area contributed by atoms with Crippen molar-refractivity contribution in [1.29, 1.82) is 0 Å². The van der Waals surface area contributed by atoms with E-state index < -0.39 is 0 Å². The summed E-state index contributed by atoms with van der Waals surface area (Å²) in [4.78, 5) is 5.70. The molecule has 1 saturated heterocycles. The van der Waals surface area contributed by atoms with E-state index in [9.17, 15) is 0 Å². The van der Waals surface area contributed by atoms with Gasteiger partial charge < -0.3 is 10.1 Å². The third-order valence-electron chi connectivity index (χ3n) is 3.74. The zero-order valence-electron chi connectivity index (χ0n) is 11.1. The van der Waals surface area contributed by atoms with Crippen molar-refractivity contribution in [3.05, 3.63) is 22.5 Å². The molecule has 5 heteroatoms. The summed E-state index contributed by atoms with van der Waals surface area (Å²) in [6.07, 6.45) is 1.42. The standard InChI is InChI=1S/C13H19N3OS/c1-8-7-18-13-15-9(2)12(16(8)13)6-14-11-4-5-17-10(11)3/h7,10-11,14H,4-6H2,1-3H3. The molecule has 98 valence electrons. The molecule has 2 aromatic heterocycles. The minimum atomic E-state index is 0.317. The number of ether oxygens (including phenoxy) is 1. The molecule has 1 aliphatic heterocycles. The van der Waals surface area contributed by atoms with Gasteiger partial charge in [0.05, 0.1) is 17.5 Å². The lowest BCUT2D eigenvalue weighted by atomic mass is 10.1. The van der Waals surface area contributed by atoms with Gasteiger partial charge in [0.15, 0.2) is 4.96 Å². The average Bonchev–Trinajstić information content (AvgIpc) is 2.97. The summed E-state index contributed by atoms with van der Waals surface area (Å²) in [5.41, 5.74) is 3.68. The van der Waals surface area contributed by atoms with Crippen LogP contribution in [0.15, 0.2) is 5.38 Å². The number of aromatic nitrogens is 2. The van der Waals surface area contributed by atoms with E-state index >= 15 is 0 Å². The molecule has 0 radical (unpaired) electrons. The van der Waals surface area contributed by atoms with Gasteiger partial charge >= 0.3 is 0 Å². The Morgan fingerprint density at radius 2 is 2.39 bits per heavy atom. The Balaban J connectivity index is 1.81. The van der Waals surface area contributed by atoms with Crippen molar-refractivity contribution in [2.24, 2.45) is 0 Å². The van der Waals surface area contributed by atoms with Gasteiger partial charge in [-0.1, -0.05) is 0 Å². The first kappa shape index (κ1) is 12.1. The first-order chi connectivity index (χ1) is 8.66. The Bertz CT molecular complexity index is 560. The van der Waals surface area contributed by atoms with Crippen LogP contribution in [0.3, 0.4) is 0 Å². The van der Waals surface area contributed by atoms with E-state index in [0.29, 0.717) is 12.1 Å². The Morgan fingerprint density at radius 1 is 1.56 bits per heavy atom. The fourth-order valence-corrected chi connectivity index (χ4v) is 3.53. The lowest BCUT2D eigenvalue weighted by Crippen LogP contribution is -2.34. The van der Waals surface area contributed by atoms with Gasteiger partial charge in [0.25, 0.3) is 0 Å². The molecule has 18 heavy (non-hydrogen) atoms. The minimum absolute atomic E-state index is 0.317. The minimum Gasteiger partial charge on any atom is -0.377 e. The van der Waals surface area contributed by atoms with Crippen molar-refractivity contribution in [2.45, 2.75) is 45.9 Å². The van der Waals surface area contributed by atoms with Crippen LogP contribution in [0, 0.1) is 13.8 Å². The average molecular weight is 265 g/mol. The quantitative estimate of drug-likeness (QED) is 0.925. The van der Waals surface area contributed by atoms with Gasteiger partial charge in [0, 0.05) is 30.3 Å². The molecule has 4 nitrogen and oxygen atoms in total. The monoisotopic (exact) mass is 265 g/mol. The van der Waals surface area contributed by atoms with Gasteiger partial charge in [0.1, 0.15) is 0 Å². The molecular formula is C13H19N3OS. The summed E-state index contributed by atoms with van der Waals surface area (Å²) < 4.78 is 7.84. The zero-order valence-corrected chi connectivity index (χ0v) is 11.9. The molecule has 3 rings (SSSR count). The molecule has 2 atom stereocenters. The summed E-state index contributed by atoms with van der Waals surface area (Å²) in [5, 5.41) is 5.76. The summed E-state index contributed by atoms with van der Waals surface area (Å²) in [7, 11) is 0. The number of imidazole rings is 1. The molecular weight excluding hydrogens is 246 g/mol. The molecule has 0 aliphatic carbocycles. The number of nitrogens with one attached hydrogen (secondary N) is 1. The van der Waals surface area contributed by atoms with Crippen LogP contribution in [-0.4, -0.2) is 28.1 Å². The third-order valence-corrected chi connectivity index (χ3v) is 4.68. The lowest BCUT2D eigenvalue weighted by Gasteiger charge is -2.16. The topological polar surface area (TPSA) is 38.6 Å². The van der Waals surface area contributed by atoms with Crippen molar-refractivity contribution >= 4 is 16.3 Å². The highest BCUT2D eigenvalue weighted by atomic mass is 32.1. The van der Waals surface area contributed by atoms with Crippen LogP contribution < -0.4 is 5.32 Å². The van der Waals surface area contributed by atoms with Gasteiger partial charge in [-0.25, -0.2) is 4.98 Å². The highest BCUT2D eigenvalue weighted by Crippen LogP contribution is 2.21. The number of hydrogen-bond acceptors (Lipinski definition) is 4. The van der Waals surface area contributed by atoms with Crippen molar-refractivity contribution in [3.63, 3.8) is 0 Å². The van der Waals surface area contributed by atoms with Crippen LogP contribution in [0.4, 0.5) is 0 Å². The highest BCUT2D eigenvalue weighted by molar-refractivity contribution is 7.15. The Labute approximate surface area is 111 Å². The number of nitrogens with zero attached hydrogens (tertiary/aromatic N) is 2. The summed E-state index contributed by atoms with van der Waals surface area (Å²) in [5.74, 6) is 0. The van der Waals surface area contributed by atoms with Crippen LogP contribution in [0.1, 0.15) is 30.4 Å². The van der Waals surface area contributed by atoms with E-state index in [2.05, 4.69) is 40.9 Å². The van der Waals surface area contributed by atoms with Crippen molar-refractivity contribution < 1.29 is 4.74 Å². The third kappa shape index (κ3) is 1.96. The van der Waals surface area contributed by atoms with Gasteiger partial charge in [-0.2, -0.15) is 0 Å². The van der Waals surface area contributed by atoms with Crippen molar-refractivity contribution in [3.8, 4) is 0 Å². The second-order valence-electron chi connectivity index (χ2n) is 4.99. The van der Waals surface area contributed by atoms with Crippen LogP contribution in [0.5, 0.6) is 0 Å². The second-order valence-corrected chi connectivity index (χ2v) is 5.83. The predicted molar refractivity (Wildman–Crippen MR) is 73.2 cm³/mol. The molecule has 0 aromatic carbocycles. The largest absolute Gasteiger partial charge is 0.377 e. The Hall–Kier alpha value is -0.910. The summed E-state index contributed by atoms with van der Waals surface area (Å²) >= 11 is 1.71. The van der Waals surface area contributed by atoms with Gasteiger partial charge in [0.2, 0.25) is 0 Å². The summed E-state index contributed by atoms with van der Waals surface area (Å²) in [6, 6.07) is 0.467. The maximum Gasteiger partial charge on any atom is 0.194 e. The number of rotatable bonds is 3. The number of fused-ring (bicyclic) bond motifs is 1. The van der Waals surface area contributed by atoms with Crippen molar-refractivity contribution in [1.82, 2.24) is 14.7 Å². The molecule has 0 saturated carbocycles. The van der Waals surface area contributed by atoms with E-state index in [1.807, 2.05) is 0 Å². The first-order valence-electron chi connectivity index (χ1n) is 6.44. The number of hydrogen-bond donors (Lipinski definition) is 1. The zero-order chi connectivity index (χ0) is 12.7. The van der Waals surface area contributed by atoms with Gasteiger partial charge in [-0.05, 0) is 27.2 Å². The molecule has 0 amide bonds. The van der Waals surface area contributed by atoms with E-state index in [1.165, 1.54) is 11.4 Å². The van der Waals surface area contributed by atoms with Crippen molar-refractivity contribution in [2.75, 3.05) is 6.61 Å². The number of aryl methyl sites for hydroxylation is 2. The summed E-state index contributed by atoms with van der Waals surface area (Å²) in [6.45, 7) is 8.10. The molecule has 2 aromatic rings. The van der Waals surface area contributed by atoms with E-state index in [-0.39, 0.29) is 0 Å². The second kappa shape index (κ2) is 4.64. The van der Waals surface area contributed by atoms with Crippen LogP contribution >= 0.6 is 11.3 Å². The Kier molecular flexibility index (Phi) is 3.13. The molecule has 0 spiro atoms. The maximum absolute atomic E-state index is 5.58. The first-order valence-corrected chi connectivity index (χ1v) is 7.32.